The summed E-state index contributed by atoms with van der Waals surface area (Å²) in [5.41, 5.74) is 3.29. The average Bonchev–Trinajstić information content (AvgIpc) is 3.27. The van der Waals surface area contributed by atoms with E-state index in [2.05, 4.69) is 10.3 Å². The van der Waals surface area contributed by atoms with Crippen LogP contribution in [-0.4, -0.2) is 38.0 Å². The largest absolute Gasteiger partial charge is 0.493 e. The zero-order valence-electron chi connectivity index (χ0n) is 18.6. The van der Waals surface area contributed by atoms with E-state index in [-0.39, 0.29) is 11.7 Å². The van der Waals surface area contributed by atoms with E-state index in [0.29, 0.717) is 34.1 Å². The number of Topliss-reactive ketones (excluding diaryl/α,β-unsaturated/α-hetero) is 1. The molecule has 0 aliphatic carbocycles. The van der Waals surface area contributed by atoms with Crippen LogP contribution in [0.15, 0.2) is 54.6 Å². The summed E-state index contributed by atoms with van der Waals surface area (Å²) >= 11 is 1.47. The van der Waals surface area contributed by atoms with Crippen molar-refractivity contribution in [3.05, 3.63) is 65.7 Å². The number of hydrogen-bond acceptors (Lipinski definition) is 7. The van der Waals surface area contributed by atoms with Gasteiger partial charge in [0.15, 0.2) is 17.3 Å². The van der Waals surface area contributed by atoms with Crippen molar-refractivity contribution in [2.75, 3.05) is 26.6 Å². The second kappa shape index (κ2) is 9.30. The third-order valence-electron chi connectivity index (χ3n) is 5.09. The number of carbonyl (C=O) groups is 2. The van der Waals surface area contributed by atoms with Crippen molar-refractivity contribution in [3.63, 3.8) is 0 Å². The summed E-state index contributed by atoms with van der Waals surface area (Å²) in [6.45, 7) is 1.54. The number of anilines is 1. The number of nitrogens with zero attached hydrogens (tertiary/aromatic N) is 1. The van der Waals surface area contributed by atoms with E-state index >= 15 is 0 Å². The Labute approximate surface area is 194 Å². The number of ether oxygens (including phenoxy) is 3. The van der Waals surface area contributed by atoms with Gasteiger partial charge in [-0.3, -0.25) is 9.59 Å². The van der Waals surface area contributed by atoms with Crippen LogP contribution in [0.4, 0.5) is 5.69 Å². The van der Waals surface area contributed by atoms with Gasteiger partial charge in [-0.05, 0) is 31.2 Å². The molecule has 4 aromatic rings. The van der Waals surface area contributed by atoms with Gasteiger partial charge in [-0.25, -0.2) is 4.98 Å². The normalized spacial score (nSPS) is 10.7. The first-order chi connectivity index (χ1) is 15.9. The van der Waals surface area contributed by atoms with Crippen molar-refractivity contribution in [1.82, 2.24) is 4.98 Å². The summed E-state index contributed by atoms with van der Waals surface area (Å²) < 4.78 is 16.9. The number of thiazole rings is 1. The van der Waals surface area contributed by atoms with Gasteiger partial charge in [-0.1, -0.05) is 18.2 Å². The monoisotopic (exact) mass is 462 g/mol. The van der Waals surface area contributed by atoms with Gasteiger partial charge in [0.25, 0.3) is 5.91 Å². The summed E-state index contributed by atoms with van der Waals surface area (Å²) in [7, 11) is 4.56. The van der Waals surface area contributed by atoms with E-state index in [1.54, 1.807) is 30.3 Å². The van der Waals surface area contributed by atoms with Crippen LogP contribution in [0.2, 0.25) is 0 Å². The van der Waals surface area contributed by atoms with Gasteiger partial charge in [0.2, 0.25) is 5.75 Å². The van der Waals surface area contributed by atoms with Crippen LogP contribution in [-0.2, 0) is 0 Å². The fraction of sp³-hybridized carbons (Fsp3) is 0.160. The Morgan fingerprint density at radius 2 is 1.61 bits per heavy atom. The first-order valence-corrected chi connectivity index (χ1v) is 10.9. The summed E-state index contributed by atoms with van der Waals surface area (Å²) in [4.78, 5) is 29.3. The van der Waals surface area contributed by atoms with E-state index in [1.165, 1.54) is 39.6 Å². The van der Waals surface area contributed by atoms with Crippen LogP contribution in [0.1, 0.15) is 27.6 Å². The molecule has 0 spiro atoms. The fourth-order valence-corrected chi connectivity index (χ4v) is 4.42. The molecule has 4 rings (SSSR count). The molecule has 168 valence electrons. The number of benzene rings is 3. The van der Waals surface area contributed by atoms with Crippen LogP contribution >= 0.6 is 11.3 Å². The van der Waals surface area contributed by atoms with Gasteiger partial charge in [0.05, 0.1) is 31.5 Å². The maximum atomic E-state index is 12.9. The molecule has 0 radical (unpaired) electrons. The highest BCUT2D eigenvalue weighted by Gasteiger charge is 2.16. The Hall–Kier alpha value is -3.91. The lowest BCUT2D eigenvalue weighted by atomic mass is 10.1. The van der Waals surface area contributed by atoms with E-state index < -0.39 is 0 Å². The number of ketones is 1. The van der Waals surface area contributed by atoms with E-state index in [0.717, 1.165) is 20.8 Å². The molecule has 0 saturated carbocycles. The van der Waals surface area contributed by atoms with Crippen molar-refractivity contribution < 1.29 is 23.8 Å². The van der Waals surface area contributed by atoms with E-state index in [1.807, 2.05) is 24.3 Å². The van der Waals surface area contributed by atoms with Gasteiger partial charge >= 0.3 is 0 Å². The highest BCUT2D eigenvalue weighted by atomic mass is 32.1. The highest BCUT2D eigenvalue weighted by molar-refractivity contribution is 7.21. The molecule has 0 fully saturated rings. The Morgan fingerprint density at radius 1 is 0.879 bits per heavy atom. The molecule has 3 aromatic carbocycles. The number of carbonyl (C=O) groups excluding carboxylic acids is 2. The van der Waals surface area contributed by atoms with Gasteiger partial charge < -0.3 is 19.5 Å². The van der Waals surface area contributed by atoms with Crippen molar-refractivity contribution in [2.45, 2.75) is 6.92 Å². The predicted molar refractivity (Wildman–Crippen MR) is 129 cm³/mol. The summed E-state index contributed by atoms with van der Waals surface area (Å²) in [6.07, 6.45) is 0. The maximum absolute atomic E-state index is 12.9. The van der Waals surface area contributed by atoms with E-state index in [9.17, 15) is 9.59 Å². The first kappa shape index (κ1) is 22.3. The number of nitrogens with one attached hydrogen (secondary N) is 1. The maximum Gasteiger partial charge on any atom is 0.255 e. The van der Waals surface area contributed by atoms with E-state index in [4.69, 9.17) is 14.2 Å². The van der Waals surface area contributed by atoms with Crippen molar-refractivity contribution in [2.24, 2.45) is 0 Å². The average molecular weight is 463 g/mol. The molecular formula is C25H22N2O5S. The van der Waals surface area contributed by atoms with Gasteiger partial charge in [-0.2, -0.15) is 0 Å². The number of fused-ring (bicyclic) bond motifs is 1. The molecule has 0 aliphatic rings. The minimum absolute atomic E-state index is 0.00344. The molecule has 0 bridgehead atoms. The number of aromatic nitrogens is 1. The molecule has 1 aromatic heterocycles. The number of methoxy groups -OCH3 is 3. The van der Waals surface area contributed by atoms with Crippen LogP contribution in [0, 0.1) is 0 Å². The Balaban J connectivity index is 1.62. The number of amides is 1. The summed E-state index contributed by atoms with van der Waals surface area (Å²) in [5.74, 6) is 1.07. The third-order valence-corrected chi connectivity index (χ3v) is 6.16. The molecule has 1 N–H and O–H groups in total. The van der Waals surface area contributed by atoms with Gasteiger partial charge in [-0.15, -0.1) is 11.3 Å². The van der Waals surface area contributed by atoms with Crippen LogP contribution in [0.3, 0.4) is 0 Å². The Bertz CT molecular complexity index is 1340. The van der Waals surface area contributed by atoms with Crippen LogP contribution in [0.5, 0.6) is 17.2 Å². The highest BCUT2D eigenvalue weighted by Crippen LogP contribution is 2.40. The molecule has 0 atom stereocenters. The quantitative estimate of drug-likeness (QED) is 0.368. The molecule has 0 unspecified atom stereocenters. The Kier molecular flexibility index (Phi) is 6.28. The third kappa shape index (κ3) is 4.51. The van der Waals surface area contributed by atoms with Crippen molar-refractivity contribution in [3.8, 4) is 27.8 Å². The number of hydrogen-bond donors (Lipinski definition) is 1. The van der Waals surface area contributed by atoms with Crippen molar-refractivity contribution >= 4 is 38.9 Å². The molecule has 33 heavy (non-hydrogen) atoms. The predicted octanol–water partition coefficient (Wildman–Crippen LogP) is 5.44. The zero-order valence-corrected chi connectivity index (χ0v) is 19.4. The second-order valence-electron chi connectivity index (χ2n) is 7.21. The molecule has 7 nitrogen and oxygen atoms in total. The van der Waals surface area contributed by atoms with Gasteiger partial charge in [0.1, 0.15) is 5.01 Å². The van der Waals surface area contributed by atoms with Crippen molar-refractivity contribution in [1.29, 1.82) is 0 Å². The smallest absolute Gasteiger partial charge is 0.255 e. The Morgan fingerprint density at radius 3 is 2.24 bits per heavy atom. The molecule has 1 heterocycles. The zero-order chi connectivity index (χ0) is 23.5. The van der Waals surface area contributed by atoms with Crippen LogP contribution < -0.4 is 19.5 Å². The summed E-state index contributed by atoms with van der Waals surface area (Å²) in [6, 6.07) is 16.1. The molecular weight excluding hydrogens is 440 g/mol. The fourth-order valence-electron chi connectivity index (χ4n) is 3.42. The van der Waals surface area contributed by atoms with Gasteiger partial charge in [0, 0.05) is 34.5 Å². The minimum atomic E-state index is -0.278. The molecule has 0 aliphatic heterocycles. The standard InChI is InChI=1S/C25H22N2O5S/c1-14(28)15-6-5-7-17(10-15)25-27-19-9-8-16(11-22(19)33-25)24(29)26-18-12-20(30-2)23(32-4)21(13-18)31-3/h5-13H,1-4H3,(H,26,29). The minimum Gasteiger partial charge on any atom is -0.493 e. The lowest BCUT2D eigenvalue weighted by Gasteiger charge is -2.14. The molecule has 0 saturated heterocycles. The molecule has 1 amide bonds. The SMILES string of the molecule is COc1cc(NC(=O)c2ccc3nc(-c4cccc(C(C)=O)c4)sc3c2)cc(OC)c1OC. The lowest BCUT2D eigenvalue weighted by molar-refractivity contribution is 0.101. The number of rotatable bonds is 7. The topological polar surface area (TPSA) is 86.8 Å². The summed E-state index contributed by atoms with van der Waals surface area (Å²) in [5, 5.41) is 3.66. The molecule has 8 heteroatoms. The van der Waals surface area contributed by atoms with Crippen LogP contribution in [0.25, 0.3) is 20.8 Å². The first-order valence-electron chi connectivity index (χ1n) is 10.1. The second-order valence-corrected chi connectivity index (χ2v) is 8.24. The lowest BCUT2D eigenvalue weighted by Crippen LogP contribution is -2.12.